The summed E-state index contributed by atoms with van der Waals surface area (Å²) in [7, 11) is 0. The van der Waals surface area contributed by atoms with Crippen molar-refractivity contribution in [1.82, 2.24) is 4.98 Å². The predicted molar refractivity (Wildman–Crippen MR) is 70.7 cm³/mol. The molecule has 0 aliphatic carbocycles. The Balaban J connectivity index is 2.22. The zero-order chi connectivity index (χ0) is 13.1. The summed E-state index contributed by atoms with van der Waals surface area (Å²) in [5.41, 5.74) is 6.22. The van der Waals surface area contributed by atoms with Gasteiger partial charge in [-0.1, -0.05) is 0 Å². The van der Waals surface area contributed by atoms with Crippen molar-refractivity contribution >= 4 is 33.2 Å². The van der Waals surface area contributed by atoms with Gasteiger partial charge in [0.15, 0.2) is 0 Å². The Kier molecular flexibility index (Phi) is 3.57. The molecule has 0 saturated carbocycles. The van der Waals surface area contributed by atoms with E-state index in [1.54, 1.807) is 18.5 Å². The van der Waals surface area contributed by atoms with E-state index in [0.29, 0.717) is 10.2 Å². The standard InChI is InChI=1S/C12H9BrFN3O/c13-8-6-16-4-3-11(8)17-12(18)7-1-2-9(14)10(15)5-7/h1-6H,15H2,(H,16,17,18). The van der Waals surface area contributed by atoms with Gasteiger partial charge in [-0.15, -0.1) is 0 Å². The largest absolute Gasteiger partial charge is 0.396 e. The number of nitrogens with zero attached hydrogens (tertiary/aromatic N) is 1. The monoisotopic (exact) mass is 309 g/mol. The van der Waals surface area contributed by atoms with Gasteiger partial charge in [-0.2, -0.15) is 0 Å². The number of carbonyl (C=O) groups excluding carboxylic acids is 1. The number of halogens is 2. The Bertz CT molecular complexity index is 604. The zero-order valence-electron chi connectivity index (χ0n) is 9.15. The van der Waals surface area contributed by atoms with Crippen molar-refractivity contribution in [2.24, 2.45) is 0 Å². The Morgan fingerprint density at radius 1 is 1.39 bits per heavy atom. The first-order valence-electron chi connectivity index (χ1n) is 5.04. The number of pyridine rings is 1. The highest BCUT2D eigenvalue weighted by Gasteiger charge is 2.10. The number of rotatable bonds is 2. The molecule has 1 amide bonds. The van der Waals surface area contributed by atoms with E-state index in [4.69, 9.17) is 5.73 Å². The third-order valence-electron chi connectivity index (χ3n) is 2.28. The lowest BCUT2D eigenvalue weighted by Gasteiger charge is -2.07. The van der Waals surface area contributed by atoms with Gasteiger partial charge in [0.05, 0.1) is 15.8 Å². The van der Waals surface area contributed by atoms with Crippen LogP contribution in [0, 0.1) is 5.82 Å². The average Bonchev–Trinajstić information content (AvgIpc) is 2.35. The van der Waals surface area contributed by atoms with Crippen molar-refractivity contribution in [3.8, 4) is 0 Å². The minimum atomic E-state index is -0.545. The second-order valence-electron chi connectivity index (χ2n) is 3.55. The lowest BCUT2D eigenvalue weighted by atomic mass is 10.2. The van der Waals surface area contributed by atoms with Crippen LogP contribution in [-0.4, -0.2) is 10.9 Å². The third-order valence-corrected chi connectivity index (χ3v) is 2.91. The number of nitrogens with two attached hydrogens (primary N) is 1. The van der Waals surface area contributed by atoms with Crippen LogP contribution in [0.1, 0.15) is 10.4 Å². The minimum absolute atomic E-state index is 0.0588. The van der Waals surface area contributed by atoms with Crippen LogP contribution >= 0.6 is 15.9 Å². The van der Waals surface area contributed by atoms with Gasteiger partial charge >= 0.3 is 0 Å². The van der Waals surface area contributed by atoms with Crippen molar-refractivity contribution in [2.45, 2.75) is 0 Å². The van der Waals surface area contributed by atoms with Crippen LogP contribution in [0.25, 0.3) is 0 Å². The zero-order valence-corrected chi connectivity index (χ0v) is 10.7. The fourth-order valence-corrected chi connectivity index (χ4v) is 1.71. The van der Waals surface area contributed by atoms with Crippen LogP contribution in [0.3, 0.4) is 0 Å². The summed E-state index contributed by atoms with van der Waals surface area (Å²) in [5.74, 6) is -0.912. The van der Waals surface area contributed by atoms with Crippen LogP contribution in [0.5, 0.6) is 0 Å². The van der Waals surface area contributed by atoms with E-state index in [0.717, 1.165) is 6.07 Å². The number of carbonyl (C=O) groups is 1. The number of anilines is 2. The van der Waals surface area contributed by atoms with Crippen molar-refractivity contribution < 1.29 is 9.18 Å². The molecule has 1 heterocycles. The Morgan fingerprint density at radius 3 is 2.83 bits per heavy atom. The van der Waals surface area contributed by atoms with Crippen molar-refractivity contribution in [3.63, 3.8) is 0 Å². The third kappa shape index (κ3) is 2.65. The lowest BCUT2D eigenvalue weighted by Crippen LogP contribution is -2.13. The van der Waals surface area contributed by atoms with Gasteiger partial charge in [0.1, 0.15) is 5.82 Å². The van der Waals surface area contributed by atoms with Crippen molar-refractivity contribution in [2.75, 3.05) is 11.1 Å². The molecule has 18 heavy (non-hydrogen) atoms. The molecule has 1 aromatic heterocycles. The number of benzene rings is 1. The number of amides is 1. The van der Waals surface area contributed by atoms with Gasteiger partial charge in [-0.25, -0.2) is 4.39 Å². The number of nitrogens with one attached hydrogen (secondary N) is 1. The normalized spacial score (nSPS) is 10.1. The minimum Gasteiger partial charge on any atom is -0.396 e. The summed E-state index contributed by atoms with van der Waals surface area (Å²) in [4.78, 5) is 15.8. The Hall–Kier alpha value is -1.95. The van der Waals surface area contributed by atoms with E-state index in [-0.39, 0.29) is 17.2 Å². The molecule has 0 saturated heterocycles. The molecule has 0 radical (unpaired) electrons. The molecule has 4 nitrogen and oxygen atoms in total. The van der Waals surface area contributed by atoms with Gasteiger partial charge in [0.25, 0.3) is 5.91 Å². The molecular weight excluding hydrogens is 301 g/mol. The van der Waals surface area contributed by atoms with E-state index >= 15 is 0 Å². The fourth-order valence-electron chi connectivity index (χ4n) is 1.36. The first-order valence-corrected chi connectivity index (χ1v) is 5.83. The lowest BCUT2D eigenvalue weighted by molar-refractivity contribution is 0.102. The summed E-state index contributed by atoms with van der Waals surface area (Å²) >= 11 is 3.26. The van der Waals surface area contributed by atoms with E-state index < -0.39 is 5.82 Å². The molecule has 0 fully saturated rings. The topological polar surface area (TPSA) is 68.0 Å². The fraction of sp³-hybridized carbons (Fsp3) is 0. The average molecular weight is 310 g/mol. The van der Waals surface area contributed by atoms with Gasteiger partial charge < -0.3 is 11.1 Å². The number of hydrogen-bond acceptors (Lipinski definition) is 3. The first kappa shape index (κ1) is 12.5. The van der Waals surface area contributed by atoms with Crippen molar-refractivity contribution in [3.05, 3.63) is 52.5 Å². The summed E-state index contributed by atoms with van der Waals surface area (Å²) in [5, 5.41) is 2.67. The molecule has 0 unspecified atom stereocenters. The second-order valence-corrected chi connectivity index (χ2v) is 4.40. The quantitative estimate of drug-likeness (QED) is 0.838. The van der Waals surface area contributed by atoms with Crippen LogP contribution < -0.4 is 11.1 Å². The van der Waals surface area contributed by atoms with E-state index in [1.165, 1.54) is 12.1 Å². The highest BCUT2D eigenvalue weighted by molar-refractivity contribution is 9.10. The Morgan fingerprint density at radius 2 is 2.17 bits per heavy atom. The molecule has 0 atom stereocenters. The SMILES string of the molecule is Nc1cc(C(=O)Nc2ccncc2Br)ccc1F. The molecule has 2 aromatic rings. The maximum atomic E-state index is 13.0. The molecular formula is C12H9BrFN3O. The second kappa shape index (κ2) is 5.14. The highest BCUT2D eigenvalue weighted by Crippen LogP contribution is 2.21. The molecule has 1 aromatic carbocycles. The van der Waals surface area contributed by atoms with Crippen LogP contribution in [0.15, 0.2) is 41.1 Å². The van der Waals surface area contributed by atoms with Crippen LogP contribution in [0.2, 0.25) is 0 Å². The smallest absolute Gasteiger partial charge is 0.255 e. The number of hydrogen-bond donors (Lipinski definition) is 2. The molecule has 0 bridgehead atoms. The molecule has 0 spiro atoms. The van der Waals surface area contributed by atoms with E-state index in [2.05, 4.69) is 26.2 Å². The van der Waals surface area contributed by atoms with E-state index in [1.807, 2.05) is 0 Å². The van der Waals surface area contributed by atoms with Crippen LogP contribution in [0.4, 0.5) is 15.8 Å². The molecule has 2 rings (SSSR count). The number of aromatic nitrogens is 1. The predicted octanol–water partition coefficient (Wildman–Crippen LogP) is 2.82. The molecule has 3 N–H and O–H groups in total. The van der Waals surface area contributed by atoms with Gasteiger partial charge in [-0.3, -0.25) is 9.78 Å². The maximum absolute atomic E-state index is 13.0. The van der Waals surface area contributed by atoms with Crippen LogP contribution in [-0.2, 0) is 0 Å². The molecule has 0 aliphatic rings. The summed E-state index contributed by atoms with van der Waals surface area (Å²) < 4.78 is 13.6. The summed E-state index contributed by atoms with van der Waals surface area (Å²) in [6, 6.07) is 5.47. The highest BCUT2D eigenvalue weighted by atomic mass is 79.9. The summed E-state index contributed by atoms with van der Waals surface area (Å²) in [6.07, 6.45) is 3.12. The van der Waals surface area contributed by atoms with Gasteiger partial charge in [0.2, 0.25) is 0 Å². The van der Waals surface area contributed by atoms with Crippen molar-refractivity contribution in [1.29, 1.82) is 0 Å². The Labute approximate surface area is 111 Å². The van der Waals surface area contributed by atoms with Gasteiger partial charge in [-0.05, 0) is 40.2 Å². The molecule has 0 aliphatic heterocycles. The maximum Gasteiger partial charge on any atom is 0.255 e. The van der Waals surface area contributed by atoms with E-state index in [9.17, 15) is 9.18 Å². The molecule has 92 valence electrons. The summed E-state index contributed by atoms with van der Waals surface area (Å²) in [6.45, 7) is 0. The number of nitrogen functional groups attached to an aromatic ring is 1. The first-order chi connectivity index (χ1) is 8.58. The van der Waals surface area contributed by atoms with Gasteiger partial charge in [0, 0.05) is 18.0 Å². The molecule has 6 heteroatoms.